The van der Waals surface area contributed by atoms with Gasteiger partial charge in [-0.1, -0.05) is 19.8 Å². The molecule has 0 aliphatic heterocycles. The molecule has 0 aromatic carbocycles. The summed E-state index contributed by atoms with van der Waals surface area (Å²) in [5.74, 6) is 0.116. The van der Waals surface area contributed by atoms with Crippen LogP contribution >= 0.6 is 11.6 Å². The Bertz CT molecular complexity index is 78.0. The van der Waals surface area contributed by atoms with Gasteiger partial charge in [-0.3, -0.25) is 0 Å². The molecule has 0 saturated heterocycles. The summed E-state index contributed by atoms with van der Waals surface area (Å²) in [6, 6.07) is 0. The van der Waals surface area contributed by atoms with Gasteiger partial charge in [0.15, 0.2) is 0 Å². The maximum Gasteiger partial charge on any atom is 0.0933 e. The molecule has 0 aromatic rings. The Hall–Kier alpha value is 0.210. The van der Waals surface area contributed by atoms with Crippen molar-refractivity contribution < 1.29 is 10.2 Å². The van der Waals surface area contributed by atoms with Crippen LogP contribution in [0.4, 0.5) is 0 Å². The smallest absolute Gasteiger partial charge is 0.0933 e. The Morgan fingerprint density at radius 3 is 2.30 bits per heavy atom. The predicted octanol–water partition coefficient (Wildman–Crippen LogP) is 1.14. The van der Waals surface area contributed by atoms with Crippen molar-refractivity contribution in [2.45, 2.75) is 38.4 Å². The van der Waals surface area contributed by atoms with Gasteiger partial charge >= 0.3 is 0 Å². The van der Waals surface area contributed by atoms with E-state index in [1.165, 1.54) is 0 Å². The molecular formula is C7H15ClO2. The molecule has 0 spiro atoms. The fraction of sp³-hybridized carbons (Fsp3) is 1.00. The fourth-order valence-electron chi connectivity index (χ4n) is 0.708. The van der Waals surface area contributed by atoms with Crippen LogP contribution in [-0.2, 0) is 0 Å². The zero-order chi connectivity index (χ0) is 7.98. The van der Waals surface area contributed by atoms with Gasteiger partial charge in [-0.25, -0.2) is 0 Å². The predicted molar refractivity (Wildman–Crippen MR) is 42.3 cm³/mol. The molecule has 0 radical (unpaired) electrons. The summed E-state index contributed by atoms with van der Waals surface area (Å²) in [6.07, 6.45) is 1.22. The first-order valence-electron chi connectivity index (χ1n) is 3.64. The van der Waals surface area contributed by atoms with Gasteiger partial charge in [0.2, 0.25) is 0 Å². The van der Waals surface area contributed by atoms with Gasteiger partial charge in [-0.15, -0.1) is 11.6 Å². The van der Waals surface area contributed by atoms with E-state index in [0.29, 0.717) is 6.42 Å². The SMILES string of the molecule is CCCCC(O)C(O)CCl. The number of hydrogen-bond donors (Lipinski definition) is 2. The van der Waals surface area contributed by atoms with Crippen molar-refractivity contribution in [1.29, 1.82) is 0 Å². The zero-order valence-electron chi connectivity index (χ0n) is 6.26. The first kappa shape index (κ1) is 10.2. The van der Waals surface area contributed by atoms with E-state index in [-0.39, 0.29) is 5.88 Å². The minimum absolute atomic E-state index is 0.116. The monoisotopic (exact) mass is 166 g/mol. The lowest BCUT2D eigenvalue weighted by Crippen LogP contribution is -2.27. The van der Waals surface area contributed by atoms with E-state index in [2.05, 4.69) is 0 Å². The van der Waals surface area contributed by atoms with Crippen molar-refractivity contribution in [3.05, 3.63) is 0 Å². The number of aliphatic hydroxyl groups excluding tert-OH is 2. The lowest BCUT2D eigenvalue weighted by molar-refractivity contribution is 0.0270. The Labute approximate surface area is 66.8 Å². The van der Waals surface area contributed by atoms with E-state index in [0.717, 1.165) is 12.8 Å². The van der Waals surface area contributed by atoms with Crippen LogP contribution in [0.25, 0.3) is 0 Å². The molecular weight excluding hydrogens is 152 g/mol. The van der Waals surface area contributed by atoms with Gasteiger partial charge in [0.05, 0.1) is 18.1 Å². The molecule has 0 saturated carbocycles. The van der Waals surface area contributed by atoms with E-state index < -0.39 is 12.2 Å². The van der Waals surface area contributed by atoms with Crippen molar-refractivity contribution in [3.8, 4) is 0 Å². The number of halogens is 1. The maximum atomic E-state index is 9.11. The Morgan fingerprint density at radius 1 is 1.30 bits per heavy atom. The molecule has 62 valence electrons. The third-order valence-corrected chi connectivity index (χ3v) is 1.77. The average molecular weight is 167 g/mol. The first-order chi connectivity index (χ1) is 4.72. The molecule has 2 atom stereocenters. The molecule has 10 heavy (non-hydrogen) atoms. The number of hydrogen-bond acceptors (Lipinski definition) is 2. The fourth-order valence-corrected chi connectivity index (χ4v) is 0.914. The Kier molecular flexibility index (Phi) is 6.08. The van der Waals surface area contributed by atoms with Crippen molar-refractivity contribution >= 4 is 11.6 Å². The minimum Gasteiger partial charge on any atom is -0.390 e. The minimum atomic E-state index is -0.756. The second-order valence-electron chi connectivity index (χ2n) is 2.43. The van der Waals surface area contributed by atoms with E-state index in [9.17, 15) is 0 Å². The summed E-state index contributed by atoms with van der Waals surface area (Å²) in [6.45, 7) is 2.04. The molecule has 3 heteroatoms. The highest BCUT2D eigenvalue weighted by Crippen LogP contribution is 2.05. The quantitative estimate of drug-likeness (QED) is 0.602. The van der Waals surface area contributed by atoms with E-state index >= 15 is 0 Å². The van der Waals surface area contributed by atoms with Gasteiger partial charge in [0.1, 0.15) is 0 Å². The summed E-state index contributed by atoms with van der Waals surface area (Å²) in [5, 5.41) is 18.1. The highest BCUT2D eigenvalue weighted by Gasteiger charge is 2.13. The van der Waals surface area contributed by atoms with Crippen LogP contribution in [-0.4, -0.2) is 28.3 Å². The molecule has 0 aliphatic rings. The summed E-state index contributed by atoms with van der Waals surface area (Å²) in [5.41, 5.74) is 0. The largest absolute Gasteiger partial charge is 0.390 e. The lowest BCUT2D eigenvalue weighted by Gasteiger charge is -2.13. The van der Waals surface area contributed by atoms with Crippen LogP contribution in [0.1, 0.15) is 26.2 Å². The molecule has 2 unspecified atom stereocenters. The normalized spacial score (nSPS) is 16.8. The van der Waals surface area contributed by atoms with E-state index in [4.69, 9.17) is 21.8 Å². The van der Waals surface area contributed by atoms with Crippen molar-refractivity contribution in [2.75, 3.05) is 5.88 Å². The number of rotatable bonds is 5. The Balaban J connectivity index is 3.31. The van der Waals surface area contributed by atoms with E-state index in [1.807, 2.05) is 6.92 Å². The summed E-state index contributed by atoms with van der Waals surface area (Å²) >= 11 is 5.32. The molecule has 0 amide bonds. The second-order valence-corrected chi connectivity index (χ2v) is 2.74. The molecule has 2 N–H and O–H groups in total. The Morgan fingerprint density at radius 2 is 1.90 bits per heavy atom. The van der Waals surface area contributed by atoms with Crippen LogP contribution in [0.15, 0.2) is 0 Å². The van der Waals surface area contributed by atoms with Gasteiger partial charge in [-0.05, 0) is 6.42 Å². The molecule has 0 rings (SSSR count). The van der Waals surface area contributed by atoms with Crippen LogP contribution in [0.5, 0.6) is 0 Å². The summed E-state index contributed by atoms with van der Waals surface area (Å²) < 4.78 is 0. The molecule has 0 fully saturated rings. The van der Waals surface area contributed by atoms with Crippen LogP contribution in [0.2, 0.25) is 0 Å². The summed E-state index contributed by atoms with van der Waals surface area (Å²) in [7, 11) is 0. The van der Waals surface area contributed by atoms with Gasteiger partial charge < -0.3 is 10.2 Å². The van der Waals surface area contributed by atoms with Crippen LogP contribution in [0, 0.1) is 0 Å². The number of unbranched alkanes of at least 4 members (excludes halogenated alkanes) is 1. The van der Waals surface area contributed by atoms with Crippen molar-refractivity contribution in [3.63, 3.8) is 0 Å². The van der Waals surface area contributed by atoms with Gasteiger partial charge in [0, 0.05) is 0 Å². The number of aliphatic hydroxyl groups is 2. The average Bonchev–Trinajstić information content (AvgIpc) is 1.98. The van der Waals surface area contributed by atoms with Crippen molar-refractivity contribution in [2.24, 2.45) is 0 Å². The third kappa shape index (κ3) is 4.09. The second kappa shape index (κ2) is 5.96. The highest BCUT2D eigenvalue weighted by molar-refractivity contribution is 6.18. The van der Waals surface area contributed by atoms with Gasteiger partial charge in [0.25, 0.3) is 0 Å². The first-order valence-corrected chi connectivity index (χ1v) is 4.18. The van der Waals surface area contributed by atoms with Crippen LogP contribution < -0.4 is 0 Å². The lowest BCUT2D eigenvalue weighted by atomic mass is 10.1. The molecule has 0 aromatic heterocycles. The topological polar surface area (TPSA) is 40.5 Å². The molecule has 0 heterocycles. The van der Waals surface area contributed by atoms with Crippen LogP contribution in [0.3, 0.4) is 0 Å². The maximum absolute atomic E-state index is 9.11. The molecule has 0 bridgehead atoms. The third-order valence-electron chi connectivity index (χ3n) is 1.46. The number of alkyl halides is 1. The van der Waals surface area contributed by atoms with Crippen molar-refractivity contribution in [1.82, 2.24) is 0 Å². The van der Waals surface area contributed by atoms with Gasteiger partial charge in [-0.2, -0.15) is 0 Å². The highest BCUT2D eigenvalue weighted by atomic mass is 35.5. The molecule has 0 aliphatic carbocycles. The molecule has 2 nitrogen and oxygen atoms in total. The standard InChI is InChI=1S/C7H15ClO2/c1-2-3-4-6(9)7(10)5-8/h6-7,9-10H,2-5H2,1H3. The summed E-state index contributed by atoms with van der Waals surface area (Å²) in [4.78, 5) is 0. The van der Waals surface area contributed by atoms with E-state index in [1.54, 1.807) is 0 Å². The zero-order valence-corrected chi connectivity index (χ0v) is 7.01.